The van der Waals surface area contributed by atoms with E-state index in [-0.39, 0.29) is 17.7 Å². The van der Waals surface area contributed by atoms with Crippen molar-refractivity contribution < 1.29 is 19.4 Å². The molecule has 0 amide bonds. The number of hydrogen-bond donors (Lipinski definition) is 2. The largest absolute Gasteiger partial charge is 0.481 e. The Kier molecular flexibility index (Phi) is 5.63. The van der Waals surface area contributed by atoms with E-state index in [1.54, 1.807) is 0 Å². The van der Waals surface area contributed by atoms with E-state index in [4.69, 9.17) is 0 Å². The predicted molar refractivity (Wildman–Crippen MR) is 77.1 cm³/mol. The Morgan fingerprint density at radius 1 is 1.38 bits per heavy atom. The summed E-state index contributed by atoms with van der Waals surface area (Å²) in [5.41, 5.74) is -0.0187. The minimum atomic E-state index is -0.866. The van der Waals surface area contributed by atoms with E-state index in [0.717, 1.165) is 0 Å². The van der Waals surface area contributed by atoms with Crippen molar-refractivity contribution in [3.05, 3.63) is 18.1 Å². The highest BCUT2D eigenvalue weighted by atomic mass is 16.5. The Bertz CT molecular complexity index is 511. The second-order valence-electron chi connectivity index (χ2n) is 5.96. The zero-order chi connectivity index (χ0) is 16.0. The molecule has 1 heterocycles. The summed E-state index contributed by atoms with van der Waals surface area (Å²) in [5, 5.41) is 12.2. The molecule has 2 N–H and O–H groups in total. The van der Waals surface area contributed by atoms with Crippen LogP contribution in [0.15, 0.2) is 12.4 Å². The van der Waals surface area contributed by atoms with Crippen molar-refractivity contribution in [3.8, 4) is 0 Å². The number of aliphatic carboxylic acids is 1. The van der Waals surface area contributed by atoms with Gasteiger partial charge in [-0.15, -0.1) is 0 Å². The van der Waals surface area contributed by atoms with Crippen LogP contribution < -0.4 is 5.32 Å². The monoisotopic (exact) mass is 295 g/mol. The van der Waals surface area contributed by atoms with Crippen LogP contribution in [0.3, 0.4) is 0 Å². The Hall–Kier alpha value is -2.18. The summed E-state index contributed by atoms with van der Waals surface area (Å²) in [4.78, 5) is 30.5. The number of carbonyl (C=O) groups is 2. The first-order valence-electron chi connectivity index (χ1n) is 6.60. The maximum atomic E-state index is 11.4. The Morgan fingerprint density at radius 3 is 2.57 bits per heavy atom. The first kappa shape index (κ1) is 16.9. The lowest BCUT2D eigenvalue weighted by Crippen LogP contribution is -2.27. The summed E-state index contributed by atoms with van der Waals surface area (Å²) in [6.45, 7) is 6.17. The summed E-state index contributed by atoms with van der Waals surface area (Å²) in [6, 6.07) is 0. The van der Waals surface area contributed by atoms with Gasteiger partial charge in [0.05, 0.1) is 25.4 Å². The molecule has 7 nitrogen and oxygen atoms in total. The quantitative estimate of drug-likeness (QED) is 0.772. The highest BCUT2D eigenvalue weighted by Gasteiger charge is 2.24. The third kappa shape index (κ3) is 5.76. The number of nitrogens with zero attached hydrogens (tertiary/aromatic N) is 2. The van der Waals surface area contributed by atoms with E-state index in [1.165, 1.54) is 19.5 Å². The molecule has 0 bridgehead atoms. The lowest BCUT2D eigenvalue weighted by molar-refractivity contribution is -0.142. The van der Waals surface area contributed by atoms with Crippen molar-refractivity contribution in [2.75, 3.05) is 19.0 Å². The molecule has 21 heavy (non-hydrogen) atoms. The second kappa shape index (κ2) is 7.01. The van der Waals surface area contributed by atoms with Crippen LogP contribution in [-0.4, -0.2) is 40.7 Å². The van der Waals surface area contributed by atoms with Crippen molar-refractivity contribution in [1.29, 1.82) is 0 Å². The predicted octanol–water partition coefficient (Wildman–Crippen LogP) is 1.81. The van der Waals surface area contributed by atoms with Crippen LogP contribution in [0.5, 0.6) is 0 Å². The highest BCUT2D eigenvalue weighted by molar-refractivity contribution is 5.87. The van der Waals surface area contributed by atoms with E-state index in [9.17, 15) is 14.7 Å². The van der Waals surface area contributed by atoms with Gasteiger partial charge in [-0.3, -0.25) is 9.78 Å². The molecule has 116 valence electrons. The number of carboxylic acids is 1. The maximum absolute atomic E-state index is 11.4. The fourth-order valence-corrected chi connectivity index (χ4v) is 1.87. The number of nitrogens with one attached hydrogen (secondary N) is 1. The molecule has 0 fully saturated rings. The molecule has 0 aromatic carbocycles. The van der Waals surface area contributed by atoms with E-state index >= 15 is 0 Å². The molecule has 1 unspecified atom stereocenters. The summed E-state index contributed by atoms with van der Waals surface area (Å²) in [6.07, 6.45) is 3.25. The van der Waals surface area contributed by atoms with Crippen LogP contribution >= 0.6 is 0 Å². The Morgan fingerprint density at radius 2 is 2.05 bits per heavy atom. The average molecular weight is 295 g/mol. The van der Waals surface area contributed by atoms with Gasteiger partial charge in [-0.25, -0.2) is 9.78 Å². The van der Waals surface area contributed by atoms with Gasteiger partial charge in [0.15, 0.2) is 5.69 Å². The standard InChI is InChI=1S/C14H21N3O4/c1-14(2,3)5-9(12(18)19)6-16-11-8-15-7-10(17-11)13(20)21-4/h7-9H,5-6H2,1-4H3,(H,16,17)(H,18,19). The molecule has 0 saturated heterocycles. The zero-order valence-electron chi connectivity index (χ0n) is 12.7. The van der Waals surface area contributed by atoms with Crippen LogP contribution in [-0.2, 0) is 9.53 Å². The SMILES string of the molecule is COC(=O)c1cncc(NCC(CC(C)(C)C)C(=O)O)n1. The minimum Gasteiger partial charge on any atom is -0.481 e. The number of rotatable bonds is 6. The normalized spacial score (nSPS) is 12.6. The van der Waals surface area contributed by atoms with Gasteiger partial charge in [-0.2, -0.15) is 0 Å². The zero-order valence-corrected chi connectivity index (χ0v) is 12.7. The third-order valence-electron chi connectivity index (χ3n) is 2.77. The van der Waals surface area contributed by atoms with Crippen molar-refractivity contribution >= 4 is 17.8 Å². The lowest BCUT2D eigenvalue weighted by atomic mass is 9.84. The average Bonchev–Trinajstić information content (AvgIpc) is 2.41. The molecule has 0 aliphatic heterocycles. The molecule has 1 rings (SSSR count). The van der Waals surface area contributed by atoms with Crippen LogP contribution in [0.4, 0.5) is 5.82 Å². The number of carboxylic acid groups (broad SMARTS) is 1. The number of hydrogen-bond acceptors (Lipinski definition) is 6. The summed E-state index contributed by atoms with van der Waals surface area (Å²) < 4.78 is 4.56. The van der Waals surface area contributed by atoms with Gasteiger partial charge in [0.1, 0.15) is 5.82 Å². The van der Waals surface area contributed by atoms with Crippen molar-refractivity contribution in [2.45, 2.75) is 27.2 Å². The third-order valence-corrected chi connectivity index (χ3v) is 2.77. The molecule has 0 saturated carbocycles. The minimum absolute atomic E-state index is 0.0743. The van der Waals surface area contributed by atoms with Gasteiger partial charge in [-0.1, -0.05) is 20.8 Å². The number of esters is 1. The highest BCUT2D eigenvalue weighted by Crippen LogP contribution is 2.24. The molecule has 0 spiro atoms. The number of ether oxygens (including phenoxy) is 1. The van der Waals surface area contributed by atoms with E-state index in [1.807, 2.05) is 20.8 Å². The maximum Gasteiger partial charge on any atom is 0.358 e. The molecule has 1 aromatic heterocycles. The number of methoxy groups -OCH3 is 1. The molecule has 0 aliphatic rings. The van der Waals surface area contributed by atoms with Gasteiger partial charge in [-0.05, 0) is 11.8 Å². The fourth-order valence-electron chi connectivity index (χ4n) is 1.87. The van der Waals surface area contributed by atoms with E-state index in [0.29, 0.717) is 12.2 Å². The lowest BCUT2D eigenvalue weighted by Gasteiger charge is -2.23. The fraction of sp³-hybridized carbons (Fsp3) is 0.571. The van der Waals surface area contributed by atoms with Crippen LogP contribution in [0, 0.1) is 11.3 Å². The van der Waals surface area contributed by atoms with Gasteiger partial charge in [0.25, 0.3) is 0 Å². The van der Waals surface area contributed by atoms with Gasteiger partial charge in [0.2, 0.25) is 0 Å². The van der Waals surface area contributed by atoms with Crippen molar-refractivity contribution in [2.24, 2.45) is 11.3 Å². The topological polar surface area (TPSA) is 101 Å². The number of anilines is 1. The smallest absolute Gasteiger partial charge is 0.358 e. The molecule has 1 aromatic rings. The molecule has 7 heteroatoms. The molecule has 0 radical (unpaired) electrons. The molecular weight excluding hydrogens is 274 g/mol. The summed E-state index contributed by atoms with van der Waals surface area (Å²) in [7, 11) is 1.26. The van der Waals surface area contributed by atoms with E-state index < -0.39 is 17.9 Å². The number of carbonyl (C=O) groups excluding carboxylic acids is 1. The number of aromatic nitrogens is 2. The first-order valence-corrected chi connectivity index (χ1v) is 6.60. The van der Waals surface area contributed by atoms with Crippen LogP contribution in [0.1, 0.15) is 37.7 Å². The van der Waals surface area contributed by atoms with Crippen molar-refractivity contribution in [1.82, 2.24) is 9.97 Å². The van der Waals surface area contributed by atoms with Crippen LogP contribution in [0.25, 0.3) is 0 Å². The Balaban J connectivity index is 2.72. The first-order chi connectivity index (χ1) is 9.73. The molecule has 0 aliphatic carbocycles. The summed E-state index contributed by atoms with van der Waals surface area (Å²) >= 11 is 0. The molecule has 1 atom stereocenters. The van der Waals surface area contributed by atoms with Gasteiger partial charge in [0, 0.05) is 6.54 Å². The van der Waals surface area contributed by atoms with Crippen LogP contribution in [0.2, 0.25) is 0 Å². The molecular formula is C14H21N3O4. The van der Waals surface area contributed by atoms with Gasteiger partial charge < -0.3 is 15.2 Å². The summed E-state index contributed by atoms with van der Waals surface area (Å²) in [5.74, 6) is -1.66. The van der Waals surface area contributed by atoms with E-state index in [2.05, 4.69) is 20.0 Å². The second-order valence-corrected chi connectivity index (χ2v) is 5.96. The van der Waals surface area contributed by atoms with Crippen molar-refractivity contribution in [3.63, 3.8) is 0 Å². The van der Waals surface area contributed by atoms with Gasteiger partial charge >= 0.3 is 11.9 Å². The Labute approximate surface area is 123 Å².